The van der Waals surface area contributed by atoms with E-state index in [9.17, 15) is 14.4 Å². The molecule has 0 N–H and O–H groups in total. The molecule has 0 saturated heterocycles. The molecule has 0 fully saturated rings. The Morgan fingerprint density at radius 2 is 1.74 bits per heavy atom. The fraction of sp³-hybridized carbons (Fsp3) is 0.357. The Kier molecular flexibility index (Phi) is 3.64. The van der Waals surface area contributed by atoms with Crippen LogP contribution < -0.4 is 0 Å². The maximum Gasteiger partial charge on any atom is 0.302 e. The molecule has 1 aromatic rings. The van der Waals surface area contributed by atoms with Gasteiger partial charge in [0.25, 0.3) is 11.8 Å². The Morgan fingerprint density at radius 3 is 2.16 bits per heavy atom. The molecule has 19 heavy (non-hydrogen) atoms. The molecule has 0 aliphatic carbocycles. The number of hydrogen-bond acceptors (Lipinski definition) is 4. The van der Waals surface area contributed by atoms with Gasteiger partial charge in [-0.3, -0.25) is 19.3 Å². The average Bonchev–Trinajstić information content (AvgIpc) is 2.65. The first-order chi connectivity index (χ1) is 9.06. The number of hydrogen-bond donors (Lipinski definition) is 0. The normalized spacial score (nSPS) is 15.4. The number of imide groups is 1. The molecule has 5 heteroatoms. The molecule has 0 radical (unpaired) electrons. The predicted octanol–water partition coefficient (Wildman–Crippen LogP) is 1.62. The summed E-state index contributed by atoms with van der Waals surface area (Å²) in [5.74, 6) is -1.06. The third-order valence-corrected chi connectivity index (χ3v) is 3.14. The van der Waals surface area contributed by atoms with Gasteiger partial charge in [0.1, 0.15) is 6.61 Å². The van der Waals surface area contributed by atoms with E-state index in [4.69, 9.17) is 4.74 Å². The number of rotatable bonds is 4. The molecule has 1 aliphatic heterocycles. The Balaban J connectivity index is 2.24. The Hall–Kier alpha value is -2.17. The molecule has 1 atom stereocenters. The highest BCUT2D eigenvalue weighted by Crippen LogP contribution is 2.25. The minimum Gasteiger partial charge on any atom is -0.464 e. The van der Waals surface area contributed by atoms with Crippen LogP contribution >= 0.6 is 0 Å². The largest absolute Gasteiger partial charge is 0.464 e. The number of amides is 2. The van der Waals surface area contributed by atoms with Crippen molar-refractivity contribution >= 4 is 17.8 Å². The summed E-state index contributed by atoms with van der Waals surface area (Å²) in [6.07, 6.45) is 0.540. The van der Waals surface area contributed by atoms with Crippen LogP contribution in [-0.2, 0) is 9.53 Å². The van der Waals surface area contributed by atoms with Gasteiger partial charge in [-0.15, -0.1) is 0 Å². The summed E-state index contributed by atoms with van der Waals surface area (Å²) in [4.78, 5) is 36.5. The predicted molar refractivity (Wildman–Crippen MR) is 67.7 cm³/mol. The van der Waals surface area contributed by atoms with Crippen LogP contribution in [0.25, 0.3) is 0 Å². The van der Waals surface area contributed by atoms with E-state index in [0.717, 1.165) is 0 Å². The highest BCUT2D eigenvalue weighted by atomic mass is 16.5. The first kappa shape index (κ1) is 13.3. The van der Waals surface area contributed by atoms with Gasteiger partial charge in [0.15, 0.2) is 0 Å². The van der Waals surface area contributed by atoms with Gasteiger partial charge in [0.05, 0.1) is 17.2 Å². The monoisotopic (exact) mass is 261 g/mol. The molecule has 0 spiro atoms. The highest BCUT2D eigenvalue weighted by Gasteiger charge is 2.39. The number of benzene rings is 1. The third kappa shape index (κ3) is 2.36. The fourth-order valence-electron chi connectivity index (χ4n) is 2.13. The molecular weight excluding hydrogens is 246 g/mol. The van der Waals surface area contributed by atoms with Crippen molar-refractivity contribution in [2.45, 2.75) is 26.3 Å². The van der Waals surface area contributed by atoms with Crippen molar-refractivity contribution in [3.05, 3.63) is 35.4 Å². The molecule has 0 saturated carbocycles. The standard InChI is InChI=1S/C14H15NO4/c1-3-10(8-19-9(2)16)15-13(17)11-6-4-5-7-12(11)14(15)18/h4-7,10H,3,8H2,1-2H3. The van der Waals surface area contributed by atoms with Crippen LogP contribution in [0.2, 0.25) is 0 Å². The van der Waals surface area contributed by atoms with Gasteiger partial charge in [0.2, 0.25) is 0 Å². The zero-order valence-electron chi connectivity index (χ0n) is 10.9. The molecule has 1 aromatic carbocycles. The van der Waals surface area contributed by atoms with Crippen LogP contribution in [0.4, 0.5) is 0 Å². The second kappa shape index (κ2) is 5.22. The summed E-state index contributed by atoms with van der Waals surface area (Å²) in [5.41, 5.74) is 0.822. The van der Waals surface area contributed by atoms with Gasteiger partial charge in [-0.1, -0.05) is 19.1 Å². The van der Waals surface area contributed by atoms with Crippen molar-refractivity contribution in [3.63, 3.8) is 0 Å². The Morgan fingerprint density at radius 1 is 1.21 bits per heavy atom. The minimum atomic E-state index is -0.421. The second-order valence-corrected chi connectivity index (χ2v) is 4.39. The van der Waals surface area contributed by atoms with E-state index >= 15 is 0 Å². The summed E-state index contributed by atoms with van der Waals surface area (Å²) in [6, 6.07) is 6.29. The smallest absolute Gasteiger partial charge is 0.302 e. The SMILES string of the molecule is CCC(COC(C)=O)N1C(=O)c2ccccc2C1=O. The Bertz CT molecular complexity index is 503. The zero-order valence-corrected chi connectivity index (χ0v) is 10.9. The van der Waals surface area contributed by atoms with Crippen molar-refractivity contribution in [3.8, 4) is 0 Å². The zero-order chi connectivity index (χ0) is 14.0. The molecule has 100 valence electrons. The van der Waals surface area contributed by atoms with Crippen molar-refractivity contribution < 1.29 is 19.1 Å². The highest BCUT2D eigenvalue weighted by molar-refractivity contribution is 6.21. The van der Waals surface area contributed by atoms with Gasteiger partial charge < -0.3 is 4.74 Å². The summed E-state index contributed by atoms with van der Waals surface area (Å²) < 4.78 is 4.92. The fourth-order valence-corrected chi connectivity index (χ4v) is 2.13. The average molecular weight is 261 g/mol. The summed E-state index contributed by atoms with van der Waals surface area (Å²) >= 11 is 0. The van der Waals surface area contributed by atoms with Gasteiger partial charge in [-0.05, 0) is 18.6 Å². The lowest BCUT2D eigenvalue weighted by Crippen LogP contribution is -2.42. The number of nitrogens with zero attached hydrogens (tertiary/aromatic N) is 1. The van der Waals surface area contributed by atoms with Crippen LogP contribution in [0.1, 0.15) is 41.0 Å². The van der Waals surface area contributed by atoms with E-state index in [1.807, 2.05) is 6.92 Å². The number of fused-ring (bicyclic) bond motifs is 1. The van der Waals surface area contributed by atoms with Crippen molar-refractivity contribution in [1.82, 2.24) is 4.90 Å². The lowest BCUT2D eigenvalue weighted by Gasteiger charge is -2.24. The summed E-state index contributed by atoms with van der Waals surface area (Å²) in [7, 11) is 0. The number of carbonyl (C=O) groups excluding carboxylic acids is 3. The second-order valence-electron chi connectivity index (χ2n) is 4.39. The summed E-state index contributed by atoms with van der Waals surface area (Å²) in [5, 5.41) is 0. The summed E-state index contributed by atoms with van der Waals surface area (Å²) in [6.45, 7) is 3.18. The van der Waals surface area contributed by atoms with Gasteiger partial charge in [0, 0.05) is 6.92 Å². The molecule has 0 aromatic heterocycles. The molecule has 2 amide bonds. The quantitative estimate of drug-likeness (QED) is 0.610. The number of ether oxygens (including phenoxy) is 1. The lowest BCUT2D eigenvalue weighted by molar-refractivity contribution is -0.142. The van der Waals surface area contributed by atoms with Gasteiger partial charge in [-0.25, -0.2) is 0 Å². The van der Waals surface area contributed by atoms with E-state index < -0.39 is 12.0 Å². The van der Waals surface area contributed by atoms with Crippen LogP contribution in [-0.4, -0.2) is 35.3 Å². The van der Waals surface area contributed by atoms with Gasteiger partial charge >= 0.3 is 5.97 Å². The van der Waals surface area contributed by atoms with Crippen molar-refractivity contribution in [2.24, 2.45) is 0 Å². The molecule has 5 nitrogen and oxygen atoms in total. The maximum absolute atomic E-state index is 12.2. The van der Waals surface area contributed by atoms with Crippen molar-refractivity contribution in [1.29, 1.82) is 0 Å². The Labute approximate surface area is 111 Å². The van der Waals surface area contributed by atoms with E-state index in [0.29, 0.717) is 17.5 Å². The lowest BCUT2D eigenvalue weighted by atomic mass is 10.1. The number of carbonyl (C=O) groups is 3. The van der Waals surface area contributed by atoms with E-state index in [2.05, 4.69) is 0 Å². The van der Waals surface area contributed by atoms with Crippen LogP contribution in [0.5, 0.6) is 0 Å². The van der Waals surface area contributed by atoms with Crippen LogP contribution in [0, 0.1) is 0 Å². The molecule has 2 rings (SSSR count). The van der Waals surface area contributed by atoms with Crippen molar-refractivity contribution in [2.75, 3.05) is 6.61 Å². The molecule has 1 unspecified atom stereocenters. The third-order valence-electron chi connectivity index (χ3n) is 3.14. The molecule has 0 bridgehead atoms. The van der Waals surface area contributed by atoms with Crippen LogP contribution in [0.15, 0.2) is 24.3 Å². The topological polar surface area (TPSA) is 63.7 Å². The molecule has 1 aliphatic rings. The number of esters is 1. The first-order valence-electron chi connectivity index (χ1n) is 6.16. The van der Waals surface area contributed by atoms with Gasteiger partial charge in [-0.2, -0.15) is 0 Å². The molecule has 1 heterocycles. The van der Waals surface area contributed by atoms with E-state index in [1.54, 1.807) is 24.3 Å². The minimum absolute atomic E-state index is 0.0390. The first-order valence-corrected chi connectivity index (χ1v) is 6.16. The van der Waals surface area contributed by atoms with E-state index in [-0.39, 0.29) is 18.4 Å². The van der Waals surface area contributed by atoms with Crippen LogP contribution in [0.3, 0.4) is 0 Å². The van der Waals surface area contributed by atoms with E-state index in [1.165, 1.54) is 11.8 Å². The molecular formula is C14H15NO4. The maximum atomic E-state index is 12.2.